The molecule has 0 radical (unpaired) electrons. The summed E-state index contributed by atoms with van der Waals surface area (Å²) in [6.45, 7) is 9.08. The summed E-state index contributed by atoms with van der Waals surface area (Å²) < 4.78 is 5.30. The van der Waals surface area contributed by atoms with Crippen LogP contribution in [0.15, 0.2) is 5.38 Å². The number of rotatable bonds is 1. The van der Waals surface area contributed by atoms with E-state index in [1.807, 2.05) is 33.1 Å². The smallest absolute Gasteiger partial charge is 0.410 e. The monoisotopic (exact) mass is 254 g/mol. The summed E-state index contributed by atoms with van der Waals surface area (Å²) in [5.41, 5.74) is 0.639. The van der Waals surface area contributed by atoms with Gasteiger partial charge < -0.3 is 9.64 Å². The number of amides is 1. The molecule has 0 atom stereocenters. The van der Waals surface area contributed by atoms with Crippen molar-refractivity contribution in [3.63, 3.8) is 0 Å². The minimum atomic E-state index is -0.417. The van der Waals surface area contributed by atoms with Crippen LogP contribution in [0.4, 0.5) is 4.79 Å². The van der Waals surface area contributed by atoms with E-state index in [9.17, 15) is 4.79 Å². The molecular weight excluding hydrogens is 236 g/mol. The first-order valence-electron chi connectivity index (χ1n) is 5.75. The van der Waals surface area contributed by atoms with E-state index in [0.29, 0.717) is 5.92 Å². The third-order valence-corrected chi connectivity index (χ3v) is 3.64. The molecule has 0 saturated carbocycles. The topological polar surface area (TPSA) is 42.4 Å². The Bertz CT molecular complexity index is 416. The van der Waals surface area contributed by atoms with Gasteiger partial charge in [-0.25, -0.2) is 9.78 Å². The standard InChI is InChI=1S/C12H18N2O2S/c1-8-7-17-10(13-8)9-5-14(6-9)11(15)16-12(2,3)4/h7,9H,5-6H2,1-4H3. The van der Waals surface area contributed by atoms with Crippen molar-refractivity contribution < 1.29 is 9.53 Å². The molecule has 1 fully saturated rings. The zero-order valence-electron chi connectivity index (χ0n) is 10.7. The van der Waals surface area contributed by atoms with Crippen LogP contribution in [-0.4, -0.2) is 34.7 Å². The lowest BCUT2D eigenvalue weighted by Gasteiger charge is -2.38. The molecule has 0 aromatic carbocycles. The van der Waals surface area contributed by atoms with Gasteiger partial charge in [-0.2, -0.15) is 0 Å². The zero-order chi connectivity index (χ0) is 12.6. The van der Waals surface area contributed by atoms with E-state index in [2.05, 4.69) is 4.98 Å². The molecule has 94 valence electrons. The second kappa shape index (κ2) is 4.29. The highest BCUT2D eigenvalue weighted by Gasteiger charge is 2.35. The van der Waals surface area contributed by atoms with Gasteiger partial charge in [0.25, 0.3) is 0 Å². The summed E-state index contributed by atoms with van der Waals surface area (Å²) >= 11 is 1.67. The lowest BCUT2D eigenvalue weighted by Crippen LogP contribution is -2.50. The van der Waals surface area contributed by atoms with E-state index in [-0.39, 0.29) is 6.09 Å². The van der Waals surface area contributed by atoms with E-state index in [4.69, 9.17) is 4.74 Å². The fourth-order valence-electron chi connectivity index (χ4n) is 1.67. The van der Waals surface area contributed by atoms with Crippen LogP contribution in [0.1, 0.15) is 37.4 Å². The number of carbonyl (C=O) groups excluding carboxylic acids is 1. The van der Waals surface area contributed by atoms with Gasteiger partial charge in [0.2, 0.25) is 0 Å². The quantitative estimate of drug-likeness (QED) is 0.774. The number of carbonyl (C=O) groups is 1. The third kappa shape index (κ3) is 2.97. The van der Waals surface area contributed by atoms with Crippen LogP contribution in [0.25, 0.3) is 0 Å². The number of aromatic nitrogens is 1. The number of ether oxygens (including phenoxy) is 1. The number of aryl methyl sites for hydroxylation is 1. The largest absolute Gasteiger partial charge is 0.444 e. The van der Waals surface area contributed by atoms with Crippen LogP contribution in [0.5, 0.6) is 0 Å². The van der Waals surface area contributed by atoms with Crippen LogP contribution in [-0.2, 0) is 4.74 Å². The Hall–Kier alpha value is -1.10. The van der Waals surface area contributed by atoms with E-state index >= 15 is 0 Å². The zero-order valence-corrected chi connectivity index (χ0v) is 11.5. The third-order valence-electron chi connectivity index (χ3n) is 2.52. The van der Waals surface area contributed by atoms with E-state index in [1.165, 1.54) is 0 Å². The summed E-state index contributed by atoms with van der Waals surface area (Å²) in [5.74, 6) is 0.390. The highest BCUT2D eigenvalue weighted by atomic mass is 32.1. The van der Waals surface area contributed by atoms with Gasteiger partial charge >= 0.3 is 6.09 Å². The molecule has 1 saturated heterocycles. The van der Waals surface area contributed by atoms with Crippen molar-refractivity contribution in [3.05, 3.63) is 16.1 Å². The maximum atomic E-state index is 11.7. The first-order chi connectivity index (χ1) is 7.85. The van der Waals surface area contributed by atoms with Crippen LogP contribution < -0.4 is 0 Å². The fourth-order valence-corrected chi connectivity index (χ4v) is 2.55. The molecule has 17 heavy (non-hydrogen) atoms. The molecule has 5 heteroatoms. The predicted molar refractivity (Wildman–Crippen MR) is 67.4 cm³/mol. The van der Waals surface area contributed by atoms with Crippen molar-refractivity contribution >= 4 is 17.4 Å². The van der Waals surface area contributed by atoms with Crippen LogP contribution >= 0.6 is 11.3 Å². The Kier molecular flexibility index (Phi) is 3.12. The lowest BCUT2D eigenvalue weighted by atomic mass is 10.0. The van der Waals surface area contributed by atoms with E-state index in [1.54, 1.807) is 16.2 Å². The van der Waals surface area contributed by atoms with Crippen molar-refractivity contribution in [2.24, 2.45) is 0 Å². The molecule has 1 aliphatic heterocycles. The number of thiazole rings is 1. The highest BCUT2D eigenvalue weighted by Crippen LogP contribution is 2.30. The SMILES string of the molecule is Cc1csc(C2CN(C(=O)OC(C)(C)C)C2)n1. The van der Waals surface area contributed by atoms with Crippen molar-refractivity contribution in [3.8, 4) is 0 Å². The molecule has 2 rings (SSSR count). The summed E-state index contributed by atoms with van der Waals surface area (Å²) in [4.78, 5) is 17.9. The number of hydrogen-bond donors (Lipinski definition) is 0. The summed E-state index contributed by atoms with van der Waals surface area (Å²) in [5, 5.41) is 3.17. The fraction of sp³-hybridized carbons (Fsp3) is 0.667. The first-order valence-corrected chi connectivity index (χ1v) is 6.63. The minimum Gasteiger partial charge on any atom is -0.444 e. The van der Waals surface area contributed by atoms with Gasteiger partial charge in [-0.05, 0) is 27.7 Å². The van der Waals surface area contributed by atoms with Crippen LogP contribution in [0, 0.1) is 6.92 Å². The Morgan fingerprint density at radius 2 is 2.18 bits per heavy atom. The maximum Gasteiger partial charge on any atom is 0.410 e. The van der Waals surface area contributed by atoms with Crippen molar-refractivity contribution in [2.75, 3.05) is 13.1 Å². The molecule has 1 aliphatic rings. The van der Waals surface area contributed by atoms with Crippen LogP contribution in [0.3, 0.4) is 0 Å². The molecule has 0 N–H and O–H groups in total. The van der Waals surface area contributed by atoms with Crippen molar-refractivity contribution in [1.29, 1.82) is 0 Å². The molecule has 4 nitrogen and oxygen atoms in total. The summed E-state index contributed by atoms with van der Waals surface area (Å²) in [6, 6.07) is 0. The normalized spacial score (nSPS) is 16.8. The minimum absolute atomic E-state index is 0.220. The molecular formula is C12H18N2O2S. The Morgan fingerprint density at radius 3 is 2.65 bits per heavy atom. The number of nitrogens with zero attached hydrogens (tertiary/aromatic N) is 2. The number of likely N-dealkylation sites (tertiary alicyclic amines) is 1. The summed E-state index contributed by atoms with van der Waals surface area (Å²) in [6.07, 6.45) is -0.220. The predicted octanol–water partition coefficient (Wildman–Crippen LogP) is 2.79. The average Bonchev–Trinajstić information content (AvgIpc) is 2.45. The van der Waals surface area contributed by atoms with Crippen LogP contribution in [0.2, 0.25) is 0 Å². The lowest BCUT2D eigenvalue weighted by molar-refractivity contribution is 0.00818. The van der Waals surface area contributed by atoms with Gasteiger partial charge in [-0.3, -0.25) is 0 Å². The summed E-state index contributed by atoms with van der Waals surface area (Å²) in [7, 11) is 0. The molecule has 1 aromatic heterocycles. The van der Waals surface area contributed by atoms with Gasteiger partial charge in [0.05, 0.1) is 5.01 Å². The average molecular weight is 254 g/mol. The highest BCUT2D eigenvalue weighted by molar-refractivity contribution is 7.09. The Balaban J connectivity index is 1.85. The molecule has 0 unspecified atom stereocenters. The first kappa shape index (κ1) is 12.4. The van der Waals surface area contributed by atoms with Gasteiger partial charge in [-0.15, -0.1) is 11.3 Å². The molecule has 0 spiro atoms. The van der Waals surface area contributed by atoms with Crippen molar-refractivity contribution in [2.45, 2.75) is 39.2 Å². The second-order valence-electron chi connectivity index (χ2n) is 5.41. The molecule has 0 aliphatic carbocycles. The molecule has 0 bridgehead atoms. The van der Waals surface area contributed by atoms with E-state index in [0.717, 1.165) is 23.8 Å². The van der Waals surface area contributed by atoms with Gasteiger partial charge in [0.1, 0.15) is 5.60 Å². The molecule has 1 amide bonds. The van der Waals surface area contributed by atoms with E-state index < -0.39 is 5.60 Å². The molecule has 2 heterocycles. The Morgan fingerprint density at radius 1 is 1.53 bits per heavy atom. The number of hydrogen-bond acceptors (Lipinski definition) is 4. The van der Waals surface area contributed by atoms with Gasteiger partial charge in [0, 0.05) is 30.1 Å². The maximum absolute atomic E-state index is 11.7. The van der Waals surface area contributed by atoms with Gasteiger partial charge in [-0.1, -0.05) is 0 Å². The second-order valence-corrected chi connectivity index (χ2v) is 6.30. The van der Waals surface area contributed by atoms with Crippen molar-refractivity contribution in [1.82, 2.24) is 9.88 Å². The Labute approximate surface area is 106 Å². The van der Waals surface area contributed by atoms with Gasteiger partial charge in [0.15, 0.2) is 0 Å². The molecule has 1 aromatic rings.